The molecule has 0 aliphatic rings. The first kappa shape index (κ1) is 15.7. The predicted molar refractivity (Wildman–Crippen MR) is 92.6 cm³/mol. The van der Waals surface area contributed by atoms with E-state index in [1.807, 2.05) is 0 Å². The van der Waals surface area contributed by atoms with E-state index in [1.54, 1.807) is 11.3 Å². The van der Waals surface area contributed by atoms with E-state index >= 15 is 0 Å². The maximum absolute atomic E-state index is 3.70. The highest BCUT2D eigenvalue weighted by Crippen LogP contribution is 2.26. The van der Waals surface area contributed by atoms with Crippen molar-refractivity contribution >= 4 is 27.3 Å². The van der Waals surface area contributed by atoms with Crippen molar-refractivity contribution in [2.24, 2.45) is 0 Å². The number of hydrogen-bond donors (Lipinski definition) is 1. The van der Waals surface area contributed by atoms with Gasteiger partial charge in [0.15, 0.2) is 0 Å². The summed E-state index contributed by atoms with van der Waals surface area (Å²) >= 11 is 5.38. The third kappa shape index (κ3) is 4.44. The van der Waals surface area contributed by atoms with Gasteiger partial charge in [-0.3, -0.25) is 0 Å². The molecule has 0 bridgehead atoms. The van der Waals surface area contributed by atoms with E-state index in [4.69, 9.17) is 0 Å². The Morgan fingerprint density at radius 2 is 2.15 bits per heavy atom. The number of hydrogen-bond acceptors (Lipinski definition) is 2. The van der Waals surface area contributed by atoms with Crippen molar-refractivity contribution in [1.82, 2.24) is 5.32 Å². The standard InChI is InChI=1S/C17H22BrNS/c1-3-9-19-17(7-5-14-8-10-20-12-14)16-11-15(18)6-4-13(16)2/h4,6,8,10-12,17,19H,3,5,7,9H2,1-2H3. The van der Waals surface area contributed by atoms with Crippen LogP contribution < -0.4 is 5.32 Å². The summed E-state index contributed by atoms with van der Waals surface area (Å²) in [6.45, 7) is 5.49. The molecule has 2 aromatic rings. The summed E-state index contributed by atoms with van der Waals surface area (Å²) in [6.07, 6.45) is 3.45. The summed E-state index contributed by atoms with van der Waals surface area (Å²) in [5, 5.41) is 8.11. The number of aryl methyl sites for hydroxylation is 2. The minimum Gasteiger partial charge on any atom is -0.310 e. The van der Waals surface area contributed by atoms with Crippen LogP contribution >= 0.6 is 27.3 Å². The minimum absolute atomic E-state index is 0.437. The van der Waals surface area contributed by atoms with Gasteiger partial charge < -0.3 is 5.32 Å². The molecule has 0 amide bonds. The molecule has 0 aliphatic carbocycles. The van der Waals surface area contributed by atoms with Gasteiger partial charge in [0.1, 0.15) is 0 Å². The van der Waals surface area contributed by atoms with Crippen LogP contribution in [0.5, 0.6) is 0 Å². The first-order valence-corrected chi connectivity index (χ1v) is 8.94. The number of benzene rings is 1. The number of halogens is 1. The van der Waals surface area contributed by atoms with Crippen molar-refractivity contribution in [3.63, 3.8) is 0 Å². The van der Waals surface area contributed by atoms with Gasteiger partial charge in [-0.1, -0.05) is 28.9 Å². The molecule has 0 aliphatic heterocycles. The molecule has 20 heavy (non-hydrogen) atoms. The van der Waals surface area contributed by atoms with Gasteiger partial charge in [-0.25, -0.2) is 0 Å². The van der Waals surface area contributed by atoms with Crippen LogP contribution in [0.4, 0.5) is 0 Å². The third-order valence-electron chi connectivity index (χ3n) is 3.56. The average Bonchev–Trinajstić information content (AvgIpc) is 2.95. The van der Waals surface area contributed by atoms with E-state index in [-0.39, 0.29) is 0 Å². The zero-order chi connectivity index (χ0) is 14.4. The Morgan fingerprint density at radius 1 is 1.30 bits per heavy atom. The summed E-state index contributed by atoms with van der Waals surface area (Å²) in [5.41, 5.74) is 4.24. The Morgan fingerprint density at radius 3 is 2.85 bits per heavy atom. The quantitative estimate of drug-likeness (QED) is 0.694. The second-order valence-electron chi connectivity index (χ2n) is 5.18. The van der Waals surface area contributed by atoms with Crippen LogP contribution in [0.1, 0.15) is 42.5 Å². The molecule has 3 heteroatoms. The van der Waals surface area contributed by atoms with Gasteiger partial charge in [-0.2, -0.15) is 11.3 Å². The molecule has 0 saturated heterocycles. The molecule has 1 nitrogen and oxygen atoms in total. The average molecular weight is 352 g/mol. The van der Waals surface area contributed by atoms with E-state index in [0.717, 1.165) is 23.9 Å². The Hall–Kier alpha value is -0.640. The Balaban J connectivity index is 2.11. The molecule has 1 unspecified atom stereocenters. The molecule has 2 rings (SSSR count). The zero-order valence-electron chi connectivity index (χ0n) is 12.2. The van der Waals surface area contributed by atoms with Gasteiger partial charge in [0.25, 0.3) is 0 Å². The lowest BCUT2D eigenvalue weighted by Crippen LogP contribution is -2.23. The first-order chi connectivity index (χ1) is 9.70. The Bertz CT molecular complexity index is 522. The summed E-state index contributed by atoms with van der Waals surface area (Å²) in [4.78, 5) is 0. The summed E-state index contributed by atoms with van der Waals surface area (Å²) in [7, 11) is 0. The number of thiophene rings is 1. The van der Waals surface area contributed by atoms with Crippen LogP contribution in [0.25, 0.3) is 0 Å². The highest BCUT2D eigenvalue weighted by Gasteiger charge is 2.13. The van der Waals surface area contributed by atoms with E-state index in [2.05, 4.69) is 70.1 Å². The first-order valence-electron chi connectivity index (χ1n) is 7.21. The maximum Gasteiger partial charge on any atom is 0.0326 e. The molecular formula is C17H22BrNS. The fourth-order valence-corrected chi connectivity index (χ4v) is 3.50. The van der Waals surface area contributed by atoms with Crippen molar-refractivity contribution in [2.75, 3.05) is 6.54 Å². The van der Waals surface area contributed by atoms with E-state index in [1.165, 1.54) is 23.1 Å². The van der Waals surface area contributed by atoms with Gasteiger partial charge in [-0.15, -0.1) is 0 Å². The van der Waals surface area contributed by atoms with Crippen LogP contribution in [0.3, 0.4) is 0 Å². The van der Waals surface area contributed by atoms with Gasteiger partial charge >= 0.3 is 0 Å². The predicted octanol–water partition coefficient (Wildman–Crippen LogP) is 5.49. The van der Waals surface area contributed by atoms with Crippen molar-refractivity contribution in [1.29, 1.82) is 0 Å². The van der Waals surface area contributed by atoms with Crippen LogP contribution in [-0.4, -0.2) is 6.54 Å². The Labute approximate surface area is 134 Å². The van der Waals surface area contributed by atoms with Gasteiger partial charge in [0.2, 0.25) is 0 Å². The van der Waals surface area contributed by atoms with E-state index in [0.29, 0.717) is 6.04 Å². The monoisotopic (exact) mass is 351 g/mol. The van der Waals surface area contributed by atoms with Crippen LogP contribution in [0.2, 0.25) is 0 Å². The molecule has 0 radical (unpaired) electrons. The maximum atomic E-state index is 3.70. The molecule has 0 saturated carbocycles. The lowest BCUT2D eigenvalue weighted by Gasteiger charge is -2.21. The Kier molecular flexibility index (Phi) is 6.27. The summed E-state index contributed by atoms with van der Waals surface area (Å²) in [5.74, 6) is 0. The number of rotatable bonds is 7. The van der Waals surface area contributed by atoms with Crippen molar-refractivity contribution in [3.05, 3.63) is 56.2 Å². The van der Waals surface area contributed by atoms with Gasteiger partial charge in [0.05, 0.1) is 0 Å². The molecule has 1 aromatic carbocycles. The van der Waals surface area contributed by atoms with Crippen molar-refractivity contribution in [2.45, 2.75) is 39.2 Å². The van der Waals surface area contributed by atoms with Gasteiger partial charge in [-0.05, 0) is 78.4 Å². The van der Waals surface area contributed by atoms with Gasteiger partial charge in [0, 0.05) is 10.5 Å². The SMILES string of the molecule is CCCNC(CCc1ccsc1)c1cc(Br)ccc1C. The third-order valence-corrected chi connectivity index (χ3v) is 4.78. The van der Waals surface area contributed by atoms with Crippen molar-refractivity contribution in [3.8, 4) is 0 Å². The van der Waals surface area contributed by atoms with Crippen LogP contribution in [0, 0.1) is 6.92 Å². The topological polar surface area (TPSA) is 12.0 Å². The highest BCUT2D eigenvalue weighted by atomic mass is 79.9. The molecular weight excluding hydrogens is 330 g/mol. The number of nitrogens with one attached hydrogen (secondary N) is 1. The summed E-state index contributed by atoms with van der Waals surface area (Å²) < 4.78 is 1.16. The van der Waals surface area contributed by atoms with E-state index < -0.39 is 0 Å². The molecule has 1 atom stereocenters. The van der Waals surface area contributed by atoms with E-state index in [9.17, 15) is 0 Å². The molecule has 108 valence electrons. The highest BCUT2D eigenvalue weighted by molar-refractivity contribution is 9.10. The zero-order valence-corrected chi connectivity index (χ0v) is 14.6. The second-order valence-corrected chi connectivity index (χ2v) is 6.87. The smallest absolute Gasteiger partial charge is 0.0326 e. The largest absolute Gasteiger partial charge is 0.310 e. The normalized spacial score (nSPS) is 12.6. The lowest BCUT2D eigenvalue weighted by molar-refractivity contribution is 0.497. The van der Waals surface area contributed by atoms with Crippen molar-refractivity contribution < 1.29 is 0 Å². The van der Waals surface area contributed by atoms with Crippen LogP contribution in [0.15, 0.2) is 39.5 Å². The summed E-state index contributed by atoms with van der Waals surface area (Å²) in [6, 6.07) is 9.25. The minimum atomic E-state index is 0.437. The molecule has 0 fully saturated rings. The molecule has 0 spiro atoms. The lowest BCUT2D eigenvalue weighted by atomic mass is 9.96. The fraction of sp³-hybridized carbons (Fsp3) is 0.412. The molecule has 1 N–H and O–H groups in total. The fourth-order valence-electron chi connectivity index (χ4n) is 2.42. The molecule has 1 heterocycles. The van der Waals surface area contributed by atoms with Crippen LogP contribution in [-0.2, 0) is 6.42 Å². The second kappa shape index (κ2) is 7.96. The molecule has 1 aromatic heterocycles.